The van der Waals surface area contributed by atoms with Gasteiger partial charge in [-0.25, -0.2) is 9.59 Å². The fraction of sp³-hybridized carbons (Fsp3) is 0.250. The summed E-state index contributed by atoms with van der Waals surface area (Å²) in [5.74, 6) is -0.278. The monoisotopic (exact) mass is 340 g/mol. The molecule has 0 atom stereocenters. The zero-order valence-corrected chi connectivity index (χ0v) is 13.3. The number of hydrogen-bond donors (Lipinski definition) is 3. The first-order valence-electron chi connectivity index (χ1n) is 7.70. The lowest BCUT2D eigenvalue weighted by Gasteiger charge is -2.34. The number of aromatic nitrogens is 2. The SMILES string of the molecule is N#Cc1cccc(NC(=O)N2CCN(C(=O)c3c[nH]c(=O)[nH]3)CC2)c1. The first-order chi connectivity index (χ1) is 12.1. The van der Waals surface area contributed by atoms with Gasteiger partial charge in [0, 0.05) is 38.1 Å². The van der Waals surface area contributed by atoms with E-state index < -0.39 is 5.69 Å². The average molecular weight is 340 g/mol. The predicted octanol–water partition coefficient (Wildman–Crippen LogP) is 0.565. The van der Waals surface area contributed by atoms with E-state index in [1.54, 1.807) is 34.1 Å². The maximum absolute atomic E-state index is 12.3. The number of carbonyl (C=O) groups is 2. The second-order valence-corrected chi connectivity index (χ2v) is 5.56. The van der Waals surface area contributed by atoms with E-state index >= 15 is 0 Å². The molecule has 3 N–H and O–H groups in total. The Bertz CT molecular complexity index is 886. The van der Waals surface area contributed by atoms with Crippen LogP contribution in [0.1, 0.15) is 16.1 Å². The van der Waals surface area contributed by atoms with Gasteiger partial charge in [-0.15, -0.1) is 0 Å². The summed E-state index contributed by atoms with van der Waals surface area (Å²) in [5.41, 5.74) is 0.790. The molecule has 0 radical (unpaired) electrons. The van der Waals surface area contributed by atoms with Crippen molar-refractivity contribution >= 4 is 17.6 Å². The summed E-state index contributed by atoms with van der Waals surface area (Å²) in [6.07, 6.45) is 1.34. The van der Waals surface area contributed by atoms with Crippen molar-refractivity contribution in [2.24, 2.45) is 0 Å². The lowest BCUT2D eigenvalue weighted by atomic mass is 10.2. The van der Waals surface area contributed by atoms with Gasteiger partial charge >= 0.3 is 11.7 Å². The molecule has 1 saturated heterocycles. The summed E-state index contributed by atoms with van der Waals surface area (Å²) in [7, 11) is 0. The summed E-state index contributed by atoms with van der Waals surface area (Å²) < 4.78 is 0. The molecule has 0 unspecified atom stereocenters. The number of anilines is 1. The Hall–Kier alpha value is -3.54. The van der Waals surface area contributed by atoms with E-state index in [2.05, 4.69) is 15.3 Å². The summed E-state index contributed by atoms with van der Waals surface area (Å²) in [4.78, 5) is 43.6. The number of aromatic amines is 2. The van der Waals surface area contributed by atoms with Crippen molar-refractivity contribution in [1.82, 2.24) is 19.8 Å². The zero-order valence-electron chi connectivity index (χ0n) is 13.3. The quantitative estimate of drug-likeness (QED) is 0.739. The fourth-order valence-electron chi connectivity index (χ4n) is 2.60. The standard InChI is InChI=1S/C16H16N6O3/c17-9-11-2-1-3-12(8-11)19-16(25)22-6-4-21(5-7-22)14(23)13-10-18-15(24)20-13/h1-3,8,10H,4-7H2,(H,19,25)(H2,18,20,24). The molecule has 0 spiro atoms. The molecule has 1 aromatic heterocycles. The van der Waals surface area contributed by atoms with Gasteiger partial charge < -0.3 is 25.1 Å². The summed E-state index contributed by atoms with van der Waals surface area (Å²) in [5, 5.41) is 11.6. The fourth-order valence-corrected chi connectivity index (χ4v) is 2.60. The molecule has 0 bridgehead atoms. The molecule has 3 amide bonds. The molecule has 1 aliphatic heterocycles. The van der Waals surface area contributed by atoms with Crippen LogP contribution >= 0.6 is 0 Å². The largest absolute Gasteiger partial charge is 0.334 e. The van der Waals surface area contributed by atoms with Crippen molar-refractivity contribution in [3.8, 4) is 6.07 Å². The molecular weight excluding hydrogens is 324 g/mol. The van der Waals surface area contributed by atoms with Crippen LogP contribution in [0.5, 0.6) is 0 Å². The number of urea groups is 1. The van der Waals surface area contributed by atoms with Crippen LogP contribution in [0.3, 0.4) is 0 Å². The summed E-state index contributed by atoms with van der Waals surface area (Å²) in [6, 6.07) is 8.40. The minimum absolute atomic E-state index is 0.205. The summed E-state index contributed by atoms with van der Waals surface area (Å²) in [6.45, 7) is 1.50. The Morgan fingerprint density at radius 3 is 2.52 bits per heavy atom. The topological polar surface area (TPSA) is 125 Å². The van der Waals surface area contributed by atoms with Gasteiger partial charge in [-0.3, -0.25) is 4.79 Å². The number of amides is 3. The number of piperazine rings is 1. The van der Waals surface area contributed by atoms with E-state index in [0.717, 1.165) is 0 Å². The molecule has 3 rings (SSSR count). The molecule has 9 heteroatoms. The predicted molar refractivity (Wildman–Crippen MR) is 89.1 cm³/mol. The first kappa shape index (κ1) is 16.3. The van der Waals surface area contributed by atoms with Crippen LogP contribution in [0.25, 0.3) is 0 Å². The molecule has 1 aromatic carbocycles. The third kappa shape index (κ3) is 3.69. The van der Waals surface area contributed by atoms with Crippen molar-refractivity contribution in [1.29, 1.82) is 5.26 Å². The number of rotatable bonds is 2. The van der Waals surface area contributed by atoms with E-state index in [1.165, 1.54) is 6.20 Å². The highest BCUT2D eigenvalue weighted by Crippen LogP contribution is 2.12. The second-order valence-electron chi connectivity index (χ2n) is 5.56. The van der Waals surface area contributed by atoms with Gasteiger partial charge in [0.25, 0.3) is 5.91 Å². The molecule has 128 valence electrons. The molecule has 1 fully saturated rings. The number of hydrogen-bond acceptors (Lipinski definition) is 4. The normalized spacial score (nSPS) is 14.0. The maximum Gasteiger partial charge on any atom is 0.323 e. The molecular formula is C16H16N6O3. The molecule has 2 aromatic rings. The Morgan fingerprint density at radius 1 is 1.16 bits per heavy atom. The van der Waals surface area contributed by atoms with Gasteiger partial charge in [0.05, 0.1) is 11.6 Å². The Labute approximate surface area is 142 Å². The zero-order chi connectivity index (χ0) is 17.8. The van der Waals surface area contributed by atoms with Gasteiger partial charge in [0.2, 0.25) is 0 Å². The van der Waals surface area contributed by atoms with E-state index in [4.69, 9.17) is 5.26 Å². The molecule has 0 aliphatic carbocycles. The number of H-pyrrole nitrogens is 2. The number of carbonyl (C=O) groups excluding carboxylic acids is 2. The van der Waals surface area contributed by atoms with Crippen LogP contribution in [-0.4, -0.2) is 57.9 Å². The minimum Gasteiger partial charge on any atom is -0.334 e. The smallest absolute Gasteiger partial charge is 0.323 e. The molecule has 25 heavy (non-hydrogen) atoms. The van der Waals surface area contributed by atoms with Gasteiger partial charge in [-0.2, -0.15) is 5.26 Å². The molecule has 1 aliphatic rings. The van der Waals surface area contributed by atoms with Crippen molar-refractivity contribution < 1.29 is 9.59 Å². The summed E-state index contributed by atoms with van der Waals surface area (Å²) >= 11 is 0. The van der Waals surface area contributed by atoms with E-state index in [-0.39, 0.29) is 17.6 Å². The highest BCUT2D eigenvalue weighted by molar-refractivity contribution is 5.93. The maximum atomic E-state index is 12.3. The molecule has 9 nitrogen and oxygen atoms in total. The number of benzene rings is 1. The Morgan fingerprint density at radius 2 is 1.88 bits per heavy atom. The van der Waals surface area contributed by atoms with Gasteiger partial charge in [0.15, 0.2) is 0 Å². The van der Waals surface area contributed by atoms with Crippen LogP contribution in [-0.2, 0) is 0 Å². The van der Waals surface area contributed by atoms with E-state index in [9.17, 15) is 14.4 Å². The van der Waals surface area contributed by atoms with Gasteiger partial charge in [0.1, 0.15) is 5.69 Å². The molecule has 0 saturated carbocycles. The van der Waals surface area contributed by atoms with Gasteiger partial charge in [-0.1, -0.05) is 6.07 Å². The average Bonchev–Trinajstić information content (AvgIpc) is 3.07. The number of nitrogens with one attached hydrogen (secondary N) is 3. The van der Waals surface area contributed by atoms with Crippen LogP contribution < -0.4 is 11.0 Å². The Kier molecular flexibility index (Phi) is 4.52. The first-order valence-corrected chi connectivity index (χ1v) is 7.70. The van der Waals surface area contributed by atoms with Crippen molar-refractivity contribution in [3.63, 3.8) is 0 Å². The van der Waals surface area contributed by atoms with Crippen LogP contribution in [0.2, 0.25) is 0 Å². The minimum atomic E-state index is -0.430. The van der Waals surface area contributed by atoms with Crippen LogP contribution in [0, 0.1) is 11.3 Å². The van der Waals surface area contributed by atoms with E-state index in [1.807, 2.05) is 6.07 Å². The van der Waals surface area contributed by atoms with Crippen LogP contribution in [0.4, 0.5) is 10.5 Å². The number of imidazole rings is 1. The lowest BCUT2D eigenvalue weighted by Crippen LogP contribution is -2.51. The highest BCUT2D eigenvalue weighted by atomic mass is 16.2. The van der Waals surface area contributed by atoms with Crippen molar-refractivity contribution in [2.45, 2.75) is 0 Å². The van der Waals surface area contributed by atoms with Crippen molar-refractivity contribution in [2.75, 3.05) is 31.5 Å². The highest BCUT2D eigenvalue weighted by Gasteiger charge is 2.25. The van der Waals surface area contributed by atoms with Crippen LogP contribution in [0.15, 0.2) is 35.3 Å². The molecule has 2 heterocycles. The number of nitriles is 1. The third-order valence-electron chi connectivity index (χ3n) is 3.92. The van der Waals surface area contributed by atoms with Crippen molar-refractivity contribution in [3.05, 3.63) is 52.2 Å². The Balaban J connectivity index is 1.56. The van der Waals surface area contributed by atoms with Gasteiger partial charge in [-0.05, 0) is 18.2 Å². The van der Waals surface area contributed by atoms with E-state index in [0.29, 0.717) is 37.4 Å². The lowest BCUT2D eigenvalue weighted by molar-refractivity contribution is 0.0666. The third-order valence-corrected chi connectivity index (χ3v) is 3.92. The second kappa shape index (κ2) is 6.92. The number of nitrogens with zero attached hydrogens (tertiary/aromatic N) is 3.